The van der Waals surface area contributed by atoms with E-state index in [-0.39, 0.29) is 28.6 Å². The summed E-state index contributed by atoms with van der Waals surface area (Å²) in [5, 5.41) is 9.35. The van der Waals surface area contributed by atoms with Gasteiger partial charge in [-0.05, 0) is 129 Å². The molecule has 2 aliphatic carbocycles. The number of rotatable bonds is 8. The second kappa shape index (κ2) is 27.8. The Bertz CT molecular complexity index is 1340. The topological polar surface area (TPSA) is 71.9 Å². The van der Waals surface area contributed by atoms with E-state index in [2.05, 4.69) is 159 Å². The van der Waals surface area contributed by atoms with Gasteiger partial charge < -0.3 is 19.5 Å². The molecule has 62 heavy (non-hydrogen) atoms. The zero-order valence-electron chi connectivity index (χ0n) is 45.4. The smallest absolute Gasteiger partial charge is 0.409 e. The lowest BCUT2D eigenvalue weighted by atomic mass is 9.75. The number of methoxy groups -OCH3 is 1. The Morgan fingerprint density at radius 2 is 1.16 bits per heavy atom. The van der Waals surface area contributed by atoms with Crippen LogP contribution in [0.2, 0.25) is 0 Å². The third-order valence-electron chi connectivity index (χ3n) is 12.1. The first-order valence-electron chi connectivity index (χ1n) is 24.2. The third kappa shape index (κ3) is 27.7. The Labute approximate surface area is 386 Å². The van der Waals surface area contributed by atoms with Gasteiger partial charge in [-0.1, -0.05) is 167 Å². The molecule has 6 nitrogen and oxygen atoms in total. The van der Waals surface area contributed by atoms with Gasteiger partial charge in [0.15, 0.2) is 0 Å². The van der Waals surface area contributed by atoms with Crippen LogP contribution in [0.1, 0.15) is 202 Å². The molecule has 0 spiro atoms. The Hall–Kier alpha value is -2.44. The van der Waals surface area contributed by atoms with Crippen molar-refractivity contribution in [3.8, 4) is 0 Å². The predicted molar refractivity (Wildman–Crippen MR) is 271 cm³/mol. The number of nitrogens with zero attached hydrogens (tertiary/aromatic N) is 2. The highest BCUT2D eigenvalue weighted by molar-refractivity contribution is 5.68. The van der Waals surface area contributed by atoms with Crippen molar-refractivity contribution in [2.24, 2.45) is 45.8 Å². The summed E-state index contributed by atoms with van der Waals surface area (Å²) in [7, 11) is 3.51. The van der Waals surface area contributed by atoms with Crippen LogP contribution in [0, 0.1) is 45.8 Å². The average Bonchev–Trinajstić information content (AvgIpc) is 4.08. The third-order valence-corrected chi connectivity index (χ3v) is 12.1. The number of hydrogen-bond donors (Lipinski definition) is 1. The standard InChI is InChI=1S/C11H20.C10H14.C9H13N.2C9H20O.C8H17NO2/c1-11(2,3)10(8-4-5-8)9-6-7-9;1-10(2,3)9-7-5-4-6-8-9;1-9(2,3)8-6-4-5-7-10-8;1-6-8(7-10-5)9(2,3)4;1-6-8(7(2)10)9(3,4)5;1-6-11-7(10)9(5)8(2,3)4/h8-10H,4-7H2,1-3H3;4-8H,1-3H3;4-7H,1-3H3;8H,6-7H2,1-5H3;7-8,10H,6H2,1-5H3;6H2,1-5H3/t;;;8-;7?,8-;/m...00./s1. The highest BCUT2D eigenvalue weighted by Gasteiger charge is 2.46. The number of benzene rings is 1. The molecule has 0 saturated heterocycles. The highest BCUT2D eigenvalue weighted by Crippen LogP contribution is 2.56. The van der Waals surface area contributed by atoms with Crippen LogP contribution < -0.4 is 0 Å². The summed E-state index contributed by atoms with van der Waals surface area (Å²) >= 11 is 0. The molecule has 3 atom stereocenters. The summed E-state index contributed by atoms with van der Waals surface area (Å²) in [6.45, 7) is 49.0. The highest BCUT2D eigenvalue weighted by atomic mass is 16.6. The molecule has 2 fully saturated rings. The quantitative estimate of drug-likeness (QED) is 0.286. The molecule has 4 rings (SSSR count). The van der Waals surface area contributed by atoms with E-state index < -0.39 is 0 Å². The predicted octanol–water partition coefficient (Wildman–Crippen LogP) is 15.8. The van der Waals surface area contributed by atoms with Gasteiger partial charge in [0.1, 0.15) is 0 Å². The fourth-order valence-corrected chi connectivity index (χ4v) is 7.81. The van der Waals surface area contributed by atoms with Crippen molar-refractivity contribution in [1.82, 2.24) is 9.88 Å². The molecule has 1 heterocycles. The number of aromatic nitrogens is 1. The van der Waals surface area contributed by atoms with Crippen LogP contribution >= 0.6 is 0 Å². The maximum atomic E-state index is 11.1. The fraction of sp³-hybridized carbons (Fsp3) is 0.786. The number of aliphatic hydroxyl groups excluding tert-OH is 1. The number of carbonyl (C=O) groups is 1. The molecule has 1 aromatic carbocycles. The van der Waals surface area contributed by atoms with Crippen LogP contribution in [0.5, 0.6) is 0 Å². The first kappa shape index (κ1) is 61.6. The van der Waals surface area contributed by atoms with E-state index in [0.29, 0.717) is 34.7 Å². The Morgan fingerprint density at radius 3 is 1.35 bits per heavy atom. The number of carbonyl (C=O) groups excluding carboxylic acids is 1. The minimum absolute atomic E-state index is 0.160. The summed E-state index contributed by atoms with van der Waals surface area (Å²) in [4.78, 5) is 16.9. The minimum Gasteiger partial charge on any atom is -0.450 e. The van der Waals surface area contributed by atoms with Crippen molar-refractivity contribution < 1.29 is 19.4 Å². The lowest BCUT2D eigenvalue weighted by Crippen LogP contribution is -2.42. The van der Waals surface area contributed by atoms with E-state index in [4.69, 9.17) is 9.47 Å². The van der Waals surface area contributed by atoms with Gasteiger partial charge >= 0.3 is 6.09 Å². The first-order valence-corrected chi connectivity index (χ1v) is 24.2. The molecule has 1 unspecified atom stereocenters. The first-order chi connectivity index (χ1) is 28.1. The summed E-state index contributed by atoms with van der Waals surface area (Å²) in [5.41, 5.74) is 4.08. The van der Waals surface area contributed by atoms with Gasteiger partial charge in [0.25, 0.3) is 0 Å². The van der Waals surface area contributed by atoms with E-state index in [1.165, 1.54) is 37.7 Å². The number of ether oxygens (including phenoxy) is 2. The molecule has 362 valence electrons. The van der Waals surface area contributed by atoms with E-state index in [0.717, 1.165) is 36.5 Å². The van der Waals surface area contributed by atoms with Crippen LogP contribution in [0.15, 0.2) is 54.7 Å². The van der Waals surface area contributed by atoms with E-state index >= 15 is 0 Å². The molecular formula is C56H104N2O4. The zero-order valence-corrected chi connectivity index (χ0v) is 45.4. The maximum Gasteiger partial charge on any atom is 0.409 e. The monoisotopic (exact) mass is 869 g/mol. The van der Waals surface area contributed by atoms with Crippen LogP contribution in [0.25, 0.3) is 0 Å². The second-order valence-corrected chi connectivity index (χ2v) is 24.1. The van der Waals surface area contributed by atoms with Crippen LogP contribution in [-0.4, -0.2) is 60.1 Å². The summed E-state index contributed by atoms with van der Waals surface area (Å²) in [6.07, 6.45) is 9.76. The maximum absolute atomic E-state index is 11.1. The van der Waals surface area contributed by atoms with Crippen molar-refractivity contribution in [3.05, 3.63) is 66.0 Å². The lowest BCUT2D eigenvalue weighted by molar-refractivity contribution is 0.0537. The van der Waals surface area contributed by atoms with Crippen molar-refractivity contribution in [2.45, 2.75) is 213 Å². The van der Waals surface area contributed by atoms with Crippen molar-refractivity contribution in [3.63, 3.8) is 0 Å². The van der Waals surface area contributed by atoms with Crippen LogP contribution in [0.4, 0.5) is 4.79 Å². The van der Waals surface area contributed by atoms with Gasteiger partial charge in [-0.2, -0.15) is 0 Å². The Kier molecular flexibility index (Phi) is 27.6. The normalized spacial score (nSPS) is 15.8. The molecule has 2 saturated carbocycles. The second-order valence-electron chi connectivity index (χ2n) is 24.1. The van der Waals surface area contributed by atoms with Crippen molar-refractivity contribution in [1.29, 1.82) is 0 Å². The van der Waals surface area contributed by atoms with E-state index in [1.54, 1.807) is 26.0 Å². The van der Waals surface area contributed by atoms with Gasteiger partial charge in [-0.15, -0.1) is 0 Å². The largest absolute Gasteiger partial charge is 0.450 e. The van der Waals surface area contributed by atoms with E-state index in [1.807, 2.05) is 46.0 Å². The van der Waals surface area contributed by atoms with Crippen LogP contribution in [-0.2, 0) is 20.3 Å². The molecule has 2 aromatic rings. The molecule has 0 bridgehead atoms. The number of pyridine rings is 1. The van der Waals surface area contributed by atoms with Gasteiger partial charge in [-0.25, -0.2) is 4.79 Å². The van der Waals surface area contributed by atoms with Crippen molar-refractivity contribution in [2.75, 3.05) is 27.4 Å². The summed E-state index contributed by atoms with van der Waals surface area (Å²) < 4.78 is 9.94. The molecule has 6 heteroatoms. The molecule has 0 aliphatic heterocycles. The number of hydrogen-bond acceptors (Lipinski definition) is 5. The molecular weight excluding hydrogens is 765 g/mol. The van der Waals surface area contributed by atoms with Gasteiger partial charge in [-0.3, -0.25) is 4.98 Å². The van der Waals surface area contributed by atoms with Gasteiger partial charge in [0, 0.05) is 43.6 Å². The Balaban J connectivity index is 0. The molecule has 2 aliphatic rings. The number of amides is 1. The SMILES string of the molecule is CC(C)(C)C(C1CC1)C1CC1.CC(C)(C)c1ccccc1.CC(C)(C)c1ccccn1.CCOC(=O)N(C)C(C)(C)C.CC[C@@H](C(C)O)C(C)(C)C.CC[C@@H](COC)C(C)(C)C. The average molecular weight is 869 g/mol. The Morgan fingerprint density at radius 1 is 0.694 bits per heavy atom. The minimum atomic E-state index is -0.264. The number of aliphatic hydroxyl groups is 1. The van der Waals surface area contributed by atoms with Crippen molar-refractivity contribution >= 4 is 6.09 Å². The van der Waals surface area contributed by atoms with Gasteiger partial charge in [0.2, 0.25) is 0 Å². The van der Waals surface area contributed by atoms with E-state index in [9.17, 15) is 9.90 Å². The van der Waals surface area contributed by atoms with Gasteiger partial charge in [0.05, 0.1) is 12.7 Å². The molecule has 1 N–H and O–H groups in total. The lowest BCUT2D eigenvalue weighted by Gasteiger charge is -2.31. The zero-order chi connectivity index (χ0) is 48.9. The molecule has 1 aromatic heterocycles. The van der Waals surface area contributed by atoms with Crippen LogP contribution in [0.3, 0.4) is 0 Å². The fourth-order valence-electron chi connectivity index (χ4n) is 7.81. The molecule has 0 radical (unpaired) electrons. The summed E-state index contributed by atoms with van der Waals surface area (Å²) in [5.74, 6) is 4.40. The summed E-state index contributed by atoms with van der Waals surface area (Å²) in [6, 6.07) is 16.6. The molecule has 1 amide bonds.